The third kappa shape index (κ3) is 5.80. The van der Waals surface area contributed by atoms with Crippen LogP contribution in [0.5, 0.6) is 0 Å². The van der Waals surface area contributed by atoms with Gasteiger partial charge in [-0.05, 0) is 80.9 Å². The second-order valence-electron chi connectivity index (χ2n) is 7.37. The summed E-state index contributed by atoms with van der Waals surface area (Å²) in [5.74, 6) is -0.252. The largest absolute Gasteiger partial charge is 0.462 e. The van der Waals surface area contributed by atoms with Crippen molar-refractivity contribution >= 4 is 45.3 Å². The molecule has 1 aromatic heterocycles. The maximum atomic E-state index is 12.7. The Balaban J connectivity index is 1.73. The highest BCUT2D eigenvalue weighted by atomic mass is 32.1. The Morgan fingerprint density at radius 1 is 1.10 bits per heavy atom. The maximum absolute atomic E-state index is 12.7. The highest BCUT2D eigenvalue weighted by Gasteiger charge is 2.26. The summed E-state index contributed by atoms with van der Waals surface area (Å²) >= 11 is 7.17. The van der Waals surface area contributed by atoms with E-state index >= 15 is 0 Å². The zero-order valence-corrected chi connectivity index (χ0v) is 18.9. The first-order valence-corrected chi connectivity index (χ1v) is 11.8. The molecule has 0 aliphatic heterocycles. The van der Waals surface area contributed by atoms with Gasteiger partial charge in [-0.3, -0.25) is 0 Å². The molecule has 0 atom stereocenters. The van der Waals surface area contributed by atoms with Gasteiger partial charge < -0.3 is 15.4 Å². The second kappa shape index (κ2) is 10.7. The van der Waals surface area contributed by atoms with Gasteiger partial charge in [0.2, 0.25) is 0 Å². The smallest absolute Gasteiger partial charge is 0.341 e. The Morgan fingerprint density at radius 2 is 1.86 bits per heavy atom. The van der Waals surface area contributed by atoms with Gasteiger partial charge in [0.25, 0.3) is 0 Å². The van der Waals surface area contributed by atoms with Crippen LogP contribution in [0, 0.1) is 0 Å². The van der Waals surface area contributed by atoms with Crippen molar-refractivity contribution in [2.45, 2.75) is 65.2 Å². The van der Waals surface area contributed by atoms with Crippen molar-refractivity contribution in [3.05, 3.63) is 45.8 Å². The summed E-state index contributed by atoms with van der Waals surface area (Å²) in [5, 5.41) is 7.79. The first kappa shape index (κ1) is 21.8. The number of thiophene rings is 1. The van der Waals surface area contributed by atoms with Crippen LogP contribution in [0.4, 0.5) is 10.7 Å². The Hall–Kier alpha value is -1.92. The molecule has 3 rings (SSSR count). The fraction of sp³-hybridized carbons (Fsp3) is 0.478. The molecule has 0 unspecified atom stereocenters. The number of aryl methyl sites for hydroxylation is 2. The first-order chi connectivity index (χ1) is 14.1. The highest BCUT2D eigenvalue weighted by Crippen LogP contribution is 2.38. The Kier molecular flexibility index (Phi) is 8.07. The first-order valence-electron chi connectivity index (χ1n) is 10.6. The van der Waals surface area contributed by atoms with E-state index in [2.05, 4.69) is 41.8 Å². The Labute approximate surface area is 183 Å². The van der Waals surface area contributed by atoms with Crippen molar-refractivity contribution in [2.24, 2.45) is 0 Å². The number of ether oxygens (including phenoxy) is 1. The molecule has 0 amide bonds. The lowest BCUT2D eigenvalue weighted by Gasteiger charge is -2.12. The molecule has 1 aromatic carbocycles. The summed E-state index contributed by atoms with van der Waals surface area (Å²) in [7, 11) is 0. The van der Waals surface area contributed by atoms with E-state index in [1.165, 1.54) is 36.1 Å². The molecule has 0 bridgehead atoms. The zero-order valence-electron chi connectivity index (χ0n) is 17.3. The molecule has 1 heterocycles. The van der Waals surface area contributed by atoms with E-state index in [4.69, 9.17) is 17.0 Å². The van der Waals surface area contributed by atoms with Crippen molar-refractivity contribution in [1.82, 2.24) is 0 Å². The fourth-order valence-electron chi connectivity index (χ4n) is 3.65. The molecule has 0 fully saturated rings. The van der Waals surface area contributed by atoms with E-state index in [0.29, 0.717) is 17.3 Å². The number of hydrogen-bond acceptors (Lipinski definition) is 4. The number of nitrogens with one attached hydrogen (secondary N) is 2. The minimum atomic E-state index is -0.252. The third-order valence-corrected chi connectivity index (χ3v) is 6.57. The van der Waals surface area contributed by atoms with E-state index < -0.39 is 0 Å². The van der Waals surface area contributed by atoms with Gasteiger partial charge in [0, 0.05) is 10.6 Å². The number of rotatable bonds is 7. The van der Waals surface area contributed by atoms with Crippen LogP contribution in [0.15, 0.2) is 24.3 Å². The molecule has 2 N–H and O–H groups in total. The molecule has 2 aromatic rings. The number of unbranched alkanes of at least 4 members (excludes halogenated alkanes) is 1. The summed E-state index contributed by atoms with van der Waals surface area (Å²) in [6.07, 6.45) is 8.94. The molecular weight excluding hydrogens is 400 g/mol. The van der Waals surface area contributed by atoms with Gasteiger partial charge in [0.1, 0.15) is 5.00 Å². The molecule has 0 spiro atoms. The van der Waals surface area contributed by atoms with E-state index in [9.17, 15) is 4.79 Å². The molecule has 4 nitrogen and oxygen atoms in total. The van der Waals surface area contributed by atoms with Gasteiger partial charge >= 0.3 is 5.97 Å². The number of thiocarbonyl (C=S) groups is 1. The van der Waals surface area contributed by atoms with Crippen molar-refractivity contribution < 1.29 is 9.53 Å². The van der Waals surface area contributed by atoms with Gasteiger partial charge in [-0.15, -0.1) is 11.3 Å². The molecule has 0 saturated heterocycles. The highest BCUT2D eigenvalue weighted by molar-refractivity contribution is 7.80. The normalized spacial score (nSPS) is 13.3. The number of benzene rings is 1. The Bertz CT molecular complexity index is 843. The van der Waals surface area contributed by atoms with E-state index in [0.717, 1.165) is 41.9 Å². The number of fused-ring (bicyclic) bond motifs is 1. The lowest BCUT2D eigenvalue weighted by atomic mass is 10.1. The second-order valence-corrected chi connectivity index (χ2v) is 8.88. The lowest BCUT2D eigenvalue weighted by molar-refractivity contribution is 0.0527. The lowest BCUT2D eigenvalue weighted by Crippen LogP contribution is -2.20. The van der Waals surface area contributed by atoms with E-state index in [-0.39, 0.29) is 5.97 Å². The molecular formula is C23H30N2O2S2. The van der Waals surface area contributed by atoms with E-state index in [1.54, 1.807) is 11.3 Å². The SMILES string of the molecule is CCCCc1ccc(NC(=S)Nc2sc3c(c2C(=O)OCC)CCCCC3)cc1. The van der Waals surface area contributed by atoms with Crippen LogP contribution < -0.4 is 10.6 Å². The molecule has 0 saturated carbocycles. The minimum Gasteiger partial charge on any atom is -0.462 e. The van der Waals surface area contributed by atoms with Gasteiger partial charge in [0.05, 0.1) is 12.2 Å². The topological polar surface area (TPSA) is 50.4 Å². The van der Waals surface area contributed by atoms with Crippen molar-refractivity contribution in [2.75, 3.05) is 17.2 Å². The number of carbonyl (C=O) groups excluding carboxylic acids is 1. The van der Waals surface area contributed by atoms with Gasteiger partial charge in [-0.1, -0.05) is 31.9 Å². The summed E-state index contributed by atoms with van der Waals surface area (Å²) in [6.45, 7) is 4.41. The van der Waals surface area contributed by atoms with Crippen LogP contribution in [0.3, 0.4) is 0 Å². The number of carbonyl (C=O) groups is 1. The maximum Gasteiger partial charge on any atom is 0.341 e. The van der Waals surface area contributed by atoms with Crippen molar-refractivity contribution in [3.63, 3.8) is 0 Å². The predicted octanol–water partition coefficient (Wildman–Crippen LogP) is 6.35. The summed E-state index contributed by atoms with van der Waals surface area (Å²) < 4.78 is 5.34. The standard InChI is InChI=1S/C23H30N2O2S2/c1-3-5-9-16-12-14-17(15-13-16)24-23(28)25-21-20(22(26)27-4-2)18-10-7-6-8-11-19(18)29-21/h12-15H,3-11H2,1-2H3,(H2,24,25,28). The number of hydrogen-bond donors (Lipinski definition) is 2. The number of anilines is 2. The molecule has 1 aliphatic carbocycles. The van der Waals surface area contributed by atoms with Crippen LogP contribution in [0.25, 0.3) is 0 Å². The van der Waals surface area contributed by atoms with Gasteiger partial charge in [-0.25, -0.2) is 4.79 Å². The average molecular weight is 431 g/mol. The fourth-order valence-corrected chi connectivity index (χ4v) is 5.22. The Morgan fingerprint density at radius 3 is 2.59 bits per heavy atom. The minimum absolute atomic E-state index is 0.252. The monoisotopic (exact) mass is 430 g/mol. The van der Waals surface area contributed by atoms with E-state index in [1.807, 2.05) is 6.92 Å². The van der Waals surface area contributed by atoms with Crippen LogP contribution in [-0.4, -0.2) is 17.7 Å². The summed E-state index contributed by atoms with van der Waals surface area (Å²) in [6, 6.07) is 8.37. The molecule has 6 heteroatoms. The predicted molar refractivity (Wildman–Crippen MR) is 126 cm³/mol. The van der Waals surface area contributed by atoms with Crippen LogP contribution in [0.1, 0.15) is 72.3 Å². The summed E-state index contributed by atoms with van der Waals surface area (Å²) in [5.41, 5.74) is 4.10. The summed E-state index contributed by atoms with van der Waals surface area (Å²) in [4.78, 5) is 13.9. The zero-order chi connectivity index (χ0) is 20.6. The third-order valence-electron chi connectivity index (χ3n) is 5.16. The van der Waals surface area contributed by atoms with Crippen LogP contribution in [0.2, 0.25) is 0 Å². The molecule has 0 radical (unpaired) electrons. The van der Waals surface area contributed by atoms with Gasteiger partial charge in [0.15, 0.2) is 5.11 Å². The van der Waals surface area contributed by atoms with Gasteiger partial charge in [-0.2, -0.15) is 0 Å². The van der Waals surface area contributed by atoms with Crippen LogP contribution >= 0.6 is 23.6 Å². The van der Waals surface area contributed by atoms with Crippen molar-refractivity contribution in [3.8, 4) is 0 Å². The molecule has 29 heavy (non-hydrogen) atoms. The molecule has 1 aliphatic rings. The van der Waals surface area contributed by atoms with Crippen molar-refractivity contribution in [1.29, 1.82) is 0 Å². The average Bonchev–Trinajstić information content (AvgIpc) is 2.88. The number of esters is 1. The quantitative estimate of drug-likeness (QED) is 0.305. The molecule has 156 valence electrons. The van der Waals surface area contributed by atoms with Crippen LogP contribution in [-0.2, 0) is 24.0 Å².